The van der Waals surface area contributed by atoms with Crippen LogP contribution >= 0.6 is 0 Å². The number of alkyl halides is 4. The van der Waals surface area contributed by atoms with E-state index in [0.717, 1.165) is 30.6 Å². The fraction of sp³-hybridized carbons (Fsp3) is 1.00. The molecule has 3 aliphatic rings. The summed E-state index contributed by atoms with van der Waals surface area (Å²) in [6.45, 7) is 2.28. The van der Waals surface area contributed by atoms with Gasteiger partial charge in [0.15, 0.2) is 0 Å². The molecule has 3 fully saturated rings. The molecular weight excluding hydrogens is 356 g/mol. The van der Waals surface area contributed by atoms with Crippen molar-refractivity contribution in [1.82, 2.24) is 0 Å². The number of halogens is 4. The van der Waals surface area contributed by atoms with Gasteiger partial charge in [0.2, 0.25) is 0 Å². The number of hydrogen-bond acceptors (Lipinski definition) is 1. The maximum Gasteiger partial charge on any atom is 0.522 e. The summed E-state index contributed by atoms with van der Waals surface area (Å²) in [5, 5.41) is 0. The molecule has 0 aromatic heterocycles. The Bertz CT molecular complexity index is 436. The van der Waals surface area contributed by atoms with E-state index in [9.17, 15) is 17.6 Å². The average Bonchev–Trinajstić information content (AvgIpc) is 2.63. The first-order valence-corrected chi connectivity index (χ1v) is 11.2. The van der Waals surface area contributed by atoms with Crippen molar-refractivity contribution in [1.29, 1.82) is 0 Å². The molecule has 0 aromatic carbocycles. The minimum absolute atomic E-state index is 0.201. The van der Waals surface area contributed by atoms with Gasteiger partial charge in [-0.1, -0.05) is 32.6 Å². The van der Waals surface area contributed by atoms with Gasteiger partial charge in [-0.2, -0.15) is 0 Å². The third-order valence-electron chi connectivity index (χ3n) is 7.78. The molecule has 0 saturated heterocycles. The highest BCUT2D eigenvalue weighted by Crippen LogP contribution is 2.46. The molecule has 0 N–H and O–H groups in total. The van der Waals surface area contributed by atoms with Crippen molar-refractivity contribution in [2.75, 3.05) is 0 Å². The van der Waals surface area contributed by atoms with E-state index in [4.69, 9.17) is 0 Å². The van der Waals surface area contributed by atoms with Gasteiger partial charge in [-0.15, -0.1) is 13.2 Å². The van der Waals surface area contributed by atoms with Crippen LogP contribution < -0.4 is 0 Å². The molecule has 5 heteroatoms. The second-order valence-corrected chi connectivity index (χ2v) is 9.44. The van der Waals surface area contributed by atoms with Crippen LogP contribution in [0.5, 0.6) is 0 Å². The molecule has 0 spiro atoms. The summed E-state index contributed by atoms with van der Waals surface area (Å²) in [6, 6.07) is 0. The van der Waals surface area contributed by atoms with Crippen molar-refractivity contribution >= 4 is 0 Å². The van der Waals surface area contributed by atoms with Crippen molar-refractivity contribution < 1.29 is 22.3 Å². The van der Waals surface area contributed by atoms with E-state index in [1.807, 2.05) is 0 Å². The summed E-state index contributed by atoms with van der Waals surface area (Å²) >= 11 is 0. The predicted molar refractivity (Wildman–Crippen MR) is 99.0 cm³/mol. The van der Waals surface area contributed by atoms with Crippen LogP contribution in [0.1, 0.15) is 90.4 Å². The summed E-state index contributed by atoms with van der Waals surface area (Å²) < 4.78 is 55.3. The number of ether oxygens (including phenoxy) is 1. The SMILES string of the molecule is CCCC1CCC(C2CCC(C3CCC(OC(F)(F)F)C(F)C3)CC2)CC1. The monoisotopic (exact) mass is 392 g/mol. The van der Waals surface area contributed by atoms with E-state index < -0.39 is 18.6 Å². The minimum Gasteiger partial charge on any atom is -0.286 e. The van der Waals surface area contributed by atoms with Gasteiger partial charge in [0, 0.05) is 0 Å². The minimum atomic E-state index is -4.73. The Kier molecular flexibility index (Phi) is 7.49. The van der Waals surface area contributed by atoms with E-state index in [0.29, 0.717) is 12.3 Å². The van der Waals surface area contributed by atoms with Crippen molar-refractivity contribution in [3.63, 3.8) is 0 Å². The molecule has 3 aliphatic carbocycles. The van der Waals surface area contributed by atoms with E-state index >= 15 is 0 Å². The van der Waals surface area contributed by atoms with E-state index in [-0.39, 0.29) is 18.8 Å². The fourth-order valence-electron chi connectivity index (χ4n) is 6.29. The molecule has 0 aromatic rings. The zero-order valence-corrected chi connectivity index (χ0v) is 16.7. The van der Waals surface area contributed by atoms with Crippen molar-refractivity contribution in [2.24, 2.45) is 29.6 Å². The van der Waals surface area contributed by atoms with E-state index in [1.165, 1.54) is 51.4 Å². The lowest BCUT2D eigenvalue weighted by Crippen LogP contribution is -2.39. The summed E-state index contributed by atoms with van der Waals surface area (Å²) in [6.07, 6.45) is 6.62. The molecule has 3 atom stereocenters. The highest BCUT2D eigenvalue weighted by atomic mass is 19.4. The molecule has 0 amide bonds. The third kappa shape index (κ3) is 6.08. The Morgan fingerprint density at radius 2 is 1.22 bits per heavy atom. The van der Waals surface area contributed by atoms with Gasteiger partial charge < -0.3 is 0 Å². The average molecular weight is 393 g/mol. The summed E-state index contributed by atoms with van der Waals surface area (Å²) in [5.41, 5.74) is 0. The van der Waals surface area contributed by atoms with Crippen LogP contribution in [0.4, 0.5) is 17.6 Å². The maximum absolute atomic E-state index is 14.2. The van der Waals surface area contributed by atoms with Crippen LogP contribution in [0.3, 0.4) is 0 Å². The van der Waals surface area contributed by atoms with Gasteiger partial charge in [-0.25, -0.2) is 4.39 Å². The molecule has 1 nitrogen and oxygen atoms in total. The summed E-state index contributed by atoms with van der Waals surface area (Å²) in [5.74, 6) is 3.40. The zero-order valence-electron chi connectivity index (χ0n) is 16.7. The van der Waals surface area contributed by atoms with Gasteiger partial charge in [0.25, 0.3) is 0 Å². The molecular formula is C22H36F4O. The highest BCUT2D eigenvalue weighted by molar-refractivity contribution is 4.88. The van der Waals surface area contributed by atoms with Gasteiger partial charge >= 0.3 is 6.36 Å². The lowest BCUT2D eigenvalue weighted by Gasteiger charge is -2.42. The Balaban J connectivity index is 1.40. The maximum atomic E-state index is 14.2. The second-order valence-electron chi connectivity index (χ2n) is 9.44. The molecule has 158 valence electrons. The molecule has 0 bridgehead atoms. The van der Waals surface area contributed by atoms with Crippen molar-refractivity contribution in [3.05, 3.63) is 0 Å². The first-order valence-electron chi connectivity index (χ1n) is 11.2. The zero-order chi connectivity index (χ0) is 19.4. The molecule has 0 radical (unpaired) electrons. The highest BCUT2D eigenvalue weighted by Gasteiger charge is 2.42. The summed E-state index contributed by atoms with van der Waals surface area (Å²) in [7, 11) is 0. The van der Waals surface area contributed by atoms with Gasteiger partial charge in [0.05, 0.1) is 6.10 Å². The normalized spacial score (nSPS) is 41.4. The van der Waals surface area contributed by atoms with Crippen molar-refractivity contribution in [3.8, 4) is 0 Å². The van der Waals surface area contributed by atoms with Crippen LogP contribution in [-0.2, 0) is 4.74 Å². The largest absolute Gasteiger partial charge is 0.522 e. The molecule has 3 rings (SSSR count). The Morgan fingerprint density at radius 1 is 0.741 bits per heavy atom. The quantitative estimate of drug-likeness (QED) is 0.442. The molecule has 3 saturated carbocycles. The second kappa shape index (κ2) is 9.45. The lowest BCUT2D eigenvalue weighted by atomic mass is 9.65. The molecule has 3 unspecified atom stereocenters. The van der Waals surface area contributed by atoms with Crippen LogP contribution in [-0.4, -0.2) is 18.6 Å². The fourth-order valence-corrected chi connectivity index (χ4v) is 6.29. The Labute approximate surface area is 161 Å². The van der Waals surface area contributed by atoms with Crippen LogP contribution in [0.2, 0.25) is 0 Å². The Morgan fingerprint density at radius 3 is 1.70 bits per heavy atom. The van der Waals surface area contributed by atoms with E-state index in [2.05, 4.69) is 11.7 Å². The molecule has 27 heavy (non-hydrogen) atoms. The topological polar surface area (TPSA) is 9.23 Å². The van der Waals surface area contributed by atoms with Gasteiger partial charge in [-0.3, -0.25) is 4.74 Å². The van der Waals surface area contributed by atoms with E-state index in [1.54, 1.807) is 0 Å². The molecule has 0 heterocycles. The number of hydrogen-bond donors (Lipinski definition) is 0. The number of rotatable bonds is 5. The standard InChI is InChI=1S/C22H36F4O/c1-2-3-15-4-6-16(7-5-15)17-8-10-18(11-9-17)19-12-13-21(20(23)14-19)27-22(24,25)26/h15-21H,2-14H2,1H3. The molecule has 0 aliphatic heterocycles. The van der Waals surface area contributed by atoms with Crippen molar-refractivity contribution in [2.45, 2.75) is 109 Å². The first-order chi connectivity index (χ1) is 12.9. The van der Waals surface area contributed by atoms with Crippen LogP contribution in [0, 0.1) is 29.6 Å². The van der Waals surface area contributed by atoms with Gasteiger partial charge in [0.1, 0.15) is 6.17 Å². The van der Waals surface area contributed by atoms with Crippen LogP contribution in [0.15, 0.2) is 0 Å². The smallest absolute Gasteiger partial charge is 0.286 e. The lowest BCUT2D eigenvalue weighted by molar-refractivity contribution is -0.352. The third-order valence-corrected chi connectivity index (χ3v) is 7.78. The van der Waals surface area contributed by atoms with Gasteiger partial charge in [-0.05, 0) is 87.4 Å². The van der Waals surface area contributed by atoms with Crippen LogP contribution in [0.25, 0.3) is 0 Å². The Hall–Kier alpha value is -0.320. The first kappa shape index (κ1) is 21.4. The summed E-state index contributed by atoms with van der Waals surface area (Å²) in [4.78, 5) is 0. The predicted octanol–water partition coefficient (Wildman–Crippen LogP) is 7.44.